The highest BCUT2D eigenvalue weighted by atomic mass is 19.4. The standard InChI is InChI=1S/C8H18NO2.C2HF3O2/c1-4-9(5-2,7-8-10)11-6-3;3-2(4,5)1(6)7/h8H,4-7H2,1-3H3;(H,6,7)/q+1;/p-1. The minimum absolute atomic E-state index is 0.458. The number of hydroxylamine groups is 3. The predicted molar refractivity (Wildman–Crippen MR) is 55.0 cm³/mol. The van der Waals surface area contributed by atoms with Crippen LogP contribution in [0.5, 0.6) is 0 Å². The molecule has 8 heteroatoms. The van der Waals surface area contributed by atoms with Gasteiger partial charge in [-0.25, -0.2) is 4.84 Å². The molecule has 18 heavy (non-hydrogen) atoms. The van der Waals surface area contributed by atoms with Crippen molar-refractivity contribution < 1.29 is 37.4 Å². The van der Waals surface area contributed by atoms with Gasteiger partial charge in [-0.3, -0.25) is 4.79 Å². The lowest BCUT2D eigenvalue weighted by Gasteiger charge is -2.30. The third kappa shape index (κ3) is 8.02. The number of nitrogens with zero attached hydrogens (tertiary/aromatic N) is 1. The SMILES string of the molecule is CCO[N+](CC)(CC)CC=O.O=C([O-])C(F)(F)F. The molecule has 0 spiro atoms. The molecule has 0 N–H and O–H groups in total. The Morgan fingerprint density at radius 2 is 1.67 bits per heavy atom. The minimum atomic E-state index is -5.19. The fourth-order valence-electron chi connectivity index (χ4n) is 1.13. The lowest BCUT2D eigenvalue weighted by atomic mass is 10.5. The molecule has 0 unspecified atom stereocenters. The zero-order valence-corrected chi connectivity index (χ0v) is 10.6. The van der Waals surface area contributed by atoms with Crippen LogP contribution in [0.1, 0.15) is 20.8 Å². The molecular weight excluding hydrogens is 255 g/mol. The van der Waals surface area contributed by atoms with Crippen LogP contribution in [0.15, 0.2) is 0 Å². The zero-order chi connectivity index (χ0) is 14.8. The van der Waals surface area contributed by atoms with E-state index >= 15 is 0 Å². The van der Waals surface area contributed by atoms with E-state index < -0.39 is 12.1 Å². The van der Waals surface area contributed by atoms with Crippen LogP contribution < -0.4 is 5.11 Å². The average molecular weight is 273 g/mol. The van der Waals surface area contributed by atoms with Gasteiger partial charge in [0.1, 0.15) is 25.7 Å². The summed E-state index contributed by atoms with van der Waals surface area (Å²) in [7, 11) is 0. The van der Waals surface area contributed by atoms with Gasteiger partial charge in [-0.05, 0) is 20.8 Å². The summed E-state index contributed by atoms with van der Waals surface area (Å²) < 4.78 is 32.0. The first kappa shape index (κ1) is 19.2. The van der Waals surface area contributed by atoms with E-state index in [1.807, 2.05) is 20.8 Å². The van der Waals surface area contributed by atoms with Gasteiger partial charge in [0.05, 0.1) is 0 Å². The van der Waals surface area contributed by atoms with Crippen molar-refractivity contribution in [1.29, 1.82) is 0 Å². The Kier molecular flexibility index (Phi) is 9.46. The number of carbonyl (C=O) groups excluding carboxylic acids is 2. The fraction of sp³-hybridized carbons (Fsp3) is 0.800. The van der Waals surface area contributed by atoms with Crippen LogP contribution in [0.3, 0.4) is 0 Å². The molecule has 0 bridgehead atoms. The smallest absolute Gasteiger partial charge is 0.430 e. The number of alkyl halides is 3. The second kappa shape index (κ2) is 8.87. The number of halogens is 3. The van der Waals surface area contributed by atoms with Crippen LogP contribution in [0, 0.1) is 0 Å². The first-order valence-corrected chi connectivity index (χ1v) is 5.41. The molecule has 0 saturated heterocycles. The highest BCUT2D eigenvalue weighted by Gasteiger charge is 2.28. The number of carboxylic acid groups (broad SMARTS) is 1. The molecule has 0 radical (unpaired) electrons. The number of quaternary nitrogens is 1. The molecule has 0 aromatic carbocycles. The number of hydrogen-bond acceptors (Lipinski definition) is 4. The van der Waals surface area contributed by atoms with Crippen LogP contribution in [0.4, 0.5) is 13.2 Å². The largest absolute Gasteiger partial charge is 0.542 e. The summed E-state index contributed by atoms with van der Waals surface area (Å²) in [5, 5.41) is 8.78. The number of aliphatic carboxylic acids is 1. The molecule has 108 valence electrons. The van der Waals surface area contributed by atoms with Crippen LogP contribution in [0.25, 0.3) is 0 Å². The summed E-state index contributed by atoms with van der Waals surface area (Å²) in [6.45, 7) is 8.83. The van der Waals surface area contributed by atoms with Gasteiger partial charge in [-0.2, -0.15) is 17.8 Å². The molecule has 0 amide bonds. The van der Waals surface area contributed by atoms with Crippen molar-refractivity contribution in [2.75, 3.05) is 26.2 Å². The van der Waals surface area contributed by atoms with Crippen LogP contribution in [-0.4, -0.2) is 49.3 Å². The molecule has 0 fully saturated rings. The van der Waals surface area contributed by atoms with E-state index in [2.05, 4.69) is 0 Å². The molecule has 0 atom stereocenters. The maximum atomic E-state index is 10.5. The van der Waals surface area contributed by atoms with Gasteiger partial charge in [0, 0.05) is 0 Å². The van der Waals surface area contributed by atoms with E-state index in [0.29, 0.717) is 17.8 Å². The summed E-state index contributed by atoms with van der Waals surface area (Å²) in [5.74, 6) is -3.01. The maximum Gasteiger partial charge on any atom is 0.430 e. The van der Waals surface area contributed by atoms with Crippen molar-refractivity contribution in [3.05, 3.63) is 0 Å². The molecule has 0 aliphatic carbocycles. The normalized spacial score (nSPS) is 11.4. The van der Waals surface area contributed by atoms with E-state index in [4.69, 9.17) is 14.7 Å². The van der Waals surface area contributed by atoms with Gasteiger partial charge < -0.3 is 9.90 Å². The Labute approximate surface area is 104 Å². The highest BCUT2D eigenvalue weighted by molar-refractivity contribution is 5.70. The molecule has 0 aromatic rings. The summed E-state index contributed by atoms with van der Waals surface area (Å²) in [6.07, 6.45) is -4.28. The number of likely N-dealkylation sites (N-methyl/N-ethyl adjacent to an activating group) is 1. The summed E-state index contributed by atoms with van der Waals surface area (Å²) >= 11 is 0. The van der Waals surface area contributed by atoms with E-state index in [1.165, 1.54) is 0 Å². The van der Waals surface area contributed by atoms with Gasteiger partial charge in [0.15, 0.2) is 12.8 Å². The van der Waals surface area contributed by atoms with Crippen LogP contribution in [-0.2, 0) is 14.4 Å². The second-order valence-corrected chi connectivity index (χ2v) is 3.24. The third-order valence-electron chi connectivity index (χ3n) is 2.19. The van der Waals surface area contributed by atoms with E-state index in [0.717, 1.165) is 19.4 Å². The van der Waals surface area contributed by atoms with E-state index in [1.54, 1.807) is 0 Å². The summed E-state index contributed by atoms with van der Waals surface area (Å²) in [6, 6.07) is 0. The van der Waals surface area contributed by atoms with Crippen molar-refractivity contribution in [2.45, 2.75) is 26.9 Å². The zero-order valence-electron chi connectivity index (χ0n) is 10.6. The van der Waals surface area contributed by atoms with E-state index in [9.17, 15) is 18.0 Å². The fourth-order valence-corrected chi connectivity index (χ4v) is 1.13. The second-order valence-electron chi connectivity index (χ2n) is 3.24. The molecule has 0 aliphatic rings. The molecule has 5 nitrogen and oxygen atoms in total. The molecule has 0 heterocycles. The molecular formula is C10H18F3NO4. The Morgan fingerprint density at radius 1 is 1.28 bits per heavy atom. The number of rotatable bonds is 6. The number of aldehydes is 1. The maximum absolute atomic E-state index is 10.5. The van der Waals surface area contributed by atoms with Crippen molar-refractivity contribution in [3.8, 4) is 0 Å². The monoisotopic (exact) mass is 273 g/mol. The van der Waals surface area contributed by atoms with Crippen molar-refractivity contribution in [1.82, 2.24) is 0 Å². The molecule has 0 saturated carbocycles. The highest BCUT2D eigenvalue weighted by Crippen LogP contribution is 2.11. The number of hydrogen-bond donors (Lipinski definition) is 0. The van der Waals surface area contributed by atoms with Gasteiger partial charge >= 0.3 is 6.18 Å². The lowest BCUT2D eigenvalue weighted by molar-refractivity contribution is -1.10. The number of carbonyl (C=O) groups is 2. The lowest BCUT2D eigenvalue weighted by Crippen LogP contribution is -2.48. The Morgan fingerprint density at radius 3 is 1.83 bits per heavy atom. The van der Waals surface area contributed by atoms with Gasteiger partial charge in [0.25, 0.3) is 0 Å². The quantitative estimate of drug-likeness (QED) is 0.396. The van der Waals surface area contributed by atoms with Crippen LogP contribution in [0.2, 0.25) is 0 Å². The van der Waals surface area contributed by atoms with Gasteiger partial charge in [-0.1, -0.05) is 0 Å². The third-order valence-corrected chi connectivity index (χ3v) is 2.19. The van der Waals surface area contributed by atoms with Crippen molar-refractivity contribution >= 4 is 12.3 Å². The minimum Gasteiger partial charge on any atom is -0.542 e. The van der Waals surface area contributed by atoms with Crippen LogP contribution >= 0.6 is 0 Å². The summed E-state index contributed by atoms with van der Waals surface area (Å²) in [4.78, 5) is 24.6. The Bertz CT molecular complexity index is 252. The first-order chi connectivity index (χ1) is 8.19. The average Bonchev–Trinajstić information content (AvgIpc) is 2.28. The van der Waals surface area contributed by atoms with E-state index in [-0.39, 0.29) is 0 Å². The molecule has 0 aromatic heterocycles. The number of carboxylic acids is 1. The molecule has 0 aliphatic heterocycles. The predicted octanol–water partition coefficient (Wildman–Crippen LogP) is 0.292. The molecule has 0 rings (SSSR count). The summed E-state index contributed by atoms with van der Waals surface area (Å²) in [5.41, 5.74) is 0. The first-order valence-electron chi connectivity index (χ1n) is 5.41. The Hall–Kier alpha value is -1.15. The Balaban J connectivity index is 0. The van der Waals surface area contributed by atoms with Crippen molar-refractivity contribution in [3.63, 3.8) is 0 Å². The van der Waals surface area contributed by atoms with Gasteiger partial charge in [-0.15, -0.1) is 0 Å². The van der Waals surface area contributed by atoms with Crippen molar-refractivity contribution in [2.24, 2.45) is 0 Å². The topological polar surface area (TPSA) is 66.4 Å². The van der Waals surface area contributed by atoms with Gasteiger partial charge in [0.2, 0.25) is 0 Å².